The molecule has 1 aliphatic rings. The summed E-state index contributed by atoms with van der Waals surface area (Å²) in [6.45, 7) is 0.200. The molecule has 0 bridgehead atoms. The Morgan fingerprint density at radius 1 is 1.39 bits per heavy atom. The number of aliphatic imine (C=N–C) groups is 1. The molecule has 18 heavy (non-hydrogen) atoms. The first-order valence-corrected chi connectivity index (χ1v) is 7.49. The average Bonchev–Trinajstić information content (AvgIpc) is 2.69. The van der Waals surface area contributed by atoms with E-state index in [4.69, 9.17) is 5.73 Å². The van der Waals surface area contributed by atoms with Crippen molar-refractivity contribution in [1.29, 1.82) is 0 Å². The van der Waals surface area contributed by atoms with Crippen molar-refractivity contribution in [2.24, 2.45) is 10.7 Å². The maximum Gasteiger partial charge on any atom is 0.215 e. The van der Waals surface area contributed by atoms with Gasteiger partial charge < -0.3 is 11.1 Å². The molecule has 0 spiro atoms. The molecule has 108 valence electrons. The van der Waals surface area contributed by atoms with Crippen molar-refractivity contribution in [2.75, 3.05) is 26.4 Å². The summed E-state index contributed by atoms with van der Waals surface area (Å²) >= 11 is 0. The normalized spacial score (nSPS) is 17.8. The molecule has 0 saturated heterocycles. The number of guanidine groups is 1. The van der Waals surface area contributed by atoms with Crippen molar-refractivity contribution in [2.45, 2.75) is 31.7 Å². The molecule has 0 radical (unpaired) electrons. The zero-order valence-corrected chi connectivity index (χ0v) is 14.1. The van der Waals surface area contributed by atoms with Crippen LogP contribution in [0.3, 0.4) is 0 Å². The Kier molecular flexibility index (Phi) is 8.11. The third-order valence-electron chi connectivity index (χ3n) is 2.89. The Labute approximate surface area is 126 Å². The Morgan fingerprint density at radius 3 is 2.44 bits per heavy atom. The van der Waals surface area contributed by atoms with E-state index in [1.165, 1.54) is 31.2 Å². The summed E-state index contributed by atoms with van der Waals surface area (Å²) in [5.41, 5.74) is 5.69. The van der Waals surface area contributed by atoms with Gasteiger partial charge in [-0.25, -0.2) is 12.7 Å². The highest BCUT2D eigenvalue weighted by molar-refractivity contribution is 14.0. The number of sulfonamides is 1. The summed E-state index contributed by atoms with van der Waals surface area (Å²) in [7, 11) is -0.152. The summed E-state index contributed by atoms with van der Waals surface area (Å²) in [5, 5.41) is 3.11. The van der Waals surface area contributed by atoms with E-state index in [0.717, 1.165) is 12.8 Å². The molecule has 0 aromatic heterocycles. The van der Waals surface area contributed by atoms with Gasteiger partial charge in [-0.1, -0.05) is 12.8 Å². The summed E-state index contributed by atoms with van der Waals surface area (Å²) in [6.07, 6.45) is 4.68. The van der Waals surface area contributed by atoms with Crippen molar-refractivity contribution in [1.82, 2.24) is 9.62 Å². The maximum atomic E-state index is 11.5. The fourth-order valence-electron chi connectivity index (χ4n) is 1.79. The van der Waals surface area contributed by atoms with E-state index in [9.17, 15) is 8.42 Å². The van der Waals surface area contributed by atoms with Gasteiger partial charge in [-0.05, 0) is 12.8 Å². The van der Waals surface area contributed by atoms with Crippen LogP contribution < -0.4 is 11.1 Å². The third-order valence-corrected chi connectivity index (χ3v) is 4.71. The number of nitrogens with zero attached hydrogens (tertiary/aromatic N) is 2. The van der Waals surface area contributed by atoms with Crippen molar-refractivity contribution < 1.29 is 8.42 Å². The van der Waals surface area contributed by atoms with Gasteiger partial charge in [0, 0.05) is 20.1 Å². The number of nitrogens with two attached hydrogens (primary N) is 1. The lowest BCUT2D eigenvalue weighted by atomic mass is 10.3. The lowest BCUT2D eigenvalue weighted by Gasteiger charge is -2.13. The molecule has 0 aromatic carbocycles. The molecule has 0 unspecified atom stereocenters. The summed E-state index contributed by atoms with van der Waals surface area (Å²) in [6, 6.07) is 0.407. The molecule has 0 aromatic rings. The van der Waals surface area contributed by atoms with E-state index in [-0.39, 0.29) is 36.3 Å². The Morgan fingerprint density at radius 2 is 1.94 bits per heavy atom. The van der Waals surface area contributed by atoms with Gasteiger partial charge in [0.2, 0.25) is 10.0 Å². The molecule has 0 heterocycles. The van der Waals surface area contributed by atoms with Gasteiger partial charge in [0.25, 0.3) is 0 Å². The largest absolute Gasteiger partial charge is 0.370 e. The van der Waals surface area contributed by atoms with Crippen LogP contribution in [0.5, 0.6) is 0 Å². The number of rotatable bonds is 5. The fraction of sp³-hybridized carbons (Fsp3) is 0.900. The Balaban J connectivity index is 0.00000289. The van der Waals surface area contributed by atoms with Crippen LogP contribution in [0.15, 0.2) is 4.99 Å². The van der Waals surface area contributed by atoms with Crippen LogP contribution >= 0.6 is 24.0 Å². The minimum absolute atomic E-state index is 0. The van der Waals surface area contributed by atoms with E-state index in [0.29, 0.717) is 12.0 Å². The first-order chi connectivity index (χ1) is 7.92. The van der Waals surface area contributed by atoms with E-state index in [2.05, 4.69) is 10.3 Å². The van der Waals surface area contributed by atoms with Crippen molar-refractivity contribution in [3.63, 3.8) is 0 Å². The topological polar surface area (TPSA) is 87.8 Å². The molecule has 6 nitrogen and oxygen atoms in total. The number of halogens is 1. The van der Waals surface area contributed by atoms with E-state index < -0.39 is 10.0 Å². The monoisotopic (exact) mass is 390 g/mol. The van der Waals surface area contributed by atoms with Crippen LogP contribution in [0.25, 0.3) is 0 Å². The lowest BCUT2D eigenvalue weighted by molar-refractivity contribution is 0.521. The van der Waals surface area contributed by atoms with Gasteiger partial charge >= 0.3 is 0 Å². The third kappa shape index (κ3) is 6.19. The smallest absolute Gasteiger partial charge is 0.215 e. The Bertz CT molecular complexity index is 364. The van der Waals surface area contributed by atoms with Gasteiger partial charge in [0.05, 0.1) is 12.3 Å². The van der Waals surface area contributed by atoms with Crippen molar-refractivity contribution >= 4 is 40.0 Å². The number of hydrogen-bond donors (Lipinski definition) is 2. The van der Waals surface area contributed by atoms with Crippen molar-refractivity contribution in [3.05, 3.63) is 0 Å². The van der Waals surface area contributed by atoms with E-state index in [1.807, 2.05) is 0 Å². The predicted molar refractivity (Wildman–Crippen MR) is 84.8 cm³/mol. The number of hydrogen-bond acceptors (Lipinski definition) is 3. The Hall–Kier alpha value is -0.0900. The van der Waals surface area contributed by atoms with E-state index in [1.54, 1.807) is 0 Å². The summed E-state index contributed by atoms with van der Waals surface area (Å²) in [4.78, 5) is 4.03. The molecule has 1 aliphatic carbocycles. The SMILES string of the molecule is CN(C)S(=O)(=O)CCN=C(N)NC1CCCC1.I. The molecule has 0 amide bonds. The second kappa shape index (κ2) is 8.16. The van der Waals surface area contributed by atoms with Crippen LogP contribution in [0.1, 0.15) is 25.7 Å². The van der Waals surface area contributed by atoms with Crippen molar-refractivity contribution in [3.8, 4) is 0 Å². The highest BCUT2D eigenvalue weighted by Crippen LogP contribution is 2.17. The summed E-state index contributed by atoms with van der Waals surface area (Å²) < 4.78 is 24.1. The van der Waals surface area contributed by atoms with E-state index >= 15 is 0 Å². The highest BCUT2D eigenvalue weighted by Gasteiger charge is 2.15. The molecule has 1 fully saturated rings. The van der Waals surface area contributed by atoms with Crippen LogP contribution in [-0.4, -0.2) is 51.1 Å². The molecule has 8 heteroatoms. The van der Waals surface area contributed by atoms with Gasteiger partial charge in [0.15, 0.2) is 5.96 Å². The minimum Gasteiger partial charge on any atom is -0.370 e. The molecular weight excluding hydrogens is 367 g/mol. The van der Waals surface area contributed by atoms with Gasteiger partial charge in [-0.2, -0.15) is 0 Å². The standard InChI is InChI=1S/C10H22N4O2S.HI/c1-14(2)17(15,16)8-7-12-10(11)13-9-5-3-4-6-9;/h9H,3-8H2,1-2H3,(H3,11,12,13);1H. The molecule has 1 saturated carbocycles. The zero-order chi connectivity index (χ0) is 12.9. The second-order valence-corrected chi connectivity index (χ2v) is 6.79. The molecule has 0 atom stereocenters. The first-order valence-electron chi connectivity index (χ1n) is 5.88. The first kappa shape index (κ1) is 17.9. The molecule has 0 aliphatic heterocycles. The van der Waals surface area contributed by atoms with Gasteiger partial charge in [0.1, 0.15) is 0 Å². The second-order valence-electron chi connectivity index (χ2n) is 4.49. The number of nitrogens with one attached hydrogen (secondary N) is 1. The van der Waals surface area contributed by atoms with Crippen LogP contribution in [0, 0.1) is 0 Å². The van der Waals surface area contributed by atoms with Crippen LogP contribution in [-0.2, 0) is 10.0 Å². The van der Waals surface area contributed by atoms with Gasteiger partial charge in [-0.15, -0.1) is 24.0 Å². The minimum atomic E-state index is -3.18. The zero-order valence-electron chi connectivity index (χ0n) is 10.9. The molecular formula is C10H23IN4O2S. The van der Waals surface area contributed by atoms with Crippen LogP contribution in [0.4, 0.5) is 0 Å². The quantitative estimate of drug-likeness (QED) is 0.403. The fourth-order valence-corrected chi connectivity index (χ4v) is 2.48. The predicted octanol–water partition coefficient (Wildman–Crippen LogP) is 0.343. The van der Waals surface area contributed by atoms with Crippen LogP contribution in [0.2, 0.25) is 0 Å². The highest BCUT2D eigenvalue weighted by atomic mass is 127. The molecule has 3 N–H and O–H groups in total. The molecule has 1 rings (SSSR count). The lowest BCUT2D eigenvalue weighted by Crippen LogP contribution is -2.39. The maximum absolute atomic E-state index is 11.5. The average molecular weight is 390 g/mol. The van der Waals surface area contributed by atoms with Gasteiger partial charge in [-0.3, -0.25) is 4.99 Å². The summed E-state index contributed by atoms with van der Waals surface area (Å²) in [5.74, 6) is 0.346.